The van der Waals surface area contributed by atoms with E-state index in [1.807, 2.05) is 25.1 Å². The summed E-state index contributed by atoms with van der Waals surface area (Å²) in [5, 5.41) is 3.33. The van der Waals surface area contributed by atoms with Crippen LogP contribution in [0.4, 0.5) is 0 Å². The smallest absolute Gasteiger partial charge is 0.142 e. The fourth-order valence-electron chi connectivity index (χ4n) is 2.21. The van der Waals surface area contributed by atoms with E-state index < -0.39 is 0 Å². The molecule has 0 atom stereocenters. The standard InChI is InChI=1S/C13H18N4O/c1-10-15-12-3-2-11(8-13(12)16-10)18-9-17-6-4-14-5-7-17/h2-3,8,14H,4-7,9H2,1H3,(H,15,16). The highest BCUT2D eigenvalue weighted by Crippen LogP contribution is 2.19. The third-order valence-electron chi connectivity index (χ3n) is 3.20. The van der Waals surface area contributed by atoms with E-state index in [2.05, 4.69) is 20.2 Å². The second-order valence-electron chi connectivity index (χ2n) is 4.64. The summed E-state index contributed by atoms with van der Waals surface area (Å²) in [5.41, 5.74) is 2.02. The van der Waals surface area contributed by atoms with Gasteiger partial charge < -0.3 is 15.0 Å². The summed E-state index contributed by atoms with van der Waals surface area (Å²) in [6.45, 7) is 6.79. The highest BCUT2D eigenvalue weighted by Gasteiger charge is 2.09. The molecule has 5 heteroatoms. The number of aromatic amines is 1. The number of H-pyrrole nitrogens is 1. The van der Waals surface area contributed by atoms with Gasteiger partial charge in [-0.15, -0.1) is 0 Å². The maximum atomic E-state index is 5.81. The lowest BCUT2D eigenvalue weighted by atomic mass is 10.3. The molecule has 0 radical (unpaired) electrons. The van der Waals surface area contributed by atoms with Crippen molar-refractivity contribution in [3.63, 3.8) is 0 Å². The van der Waals surface area contributed by atoms with E-state index in [9.17, 15) is 0 Å². The van der Waals surface area contributed by atoms with Crippen molar-refractivity contribution < 1.29 is 4.74 Å². The molecule has 1 aliphatic heterocycles. The summed E-state index contributed by atoms with van der Waals surface area (Å²) in [6, 6.07) is 5.98. The molecule has 1 aromatic carbocycles. The van der Waals surface area contributed by atoms with Gasteiger partial charge in [0.15, 0.2) is 0 Å². The van der Waals surface area contributed by atoms with Gasteiger partial charge in [-0.25, -0.2) is 4.98 Å². The number of hydrogen-bond donors (Lipinski definition) is 2. The van der Waals surface area contributed by atoms with Gasteiger partial charge in [-0.05, 0) is 19.1 Å². The van der Waals surface area contributed by atoms with Crippen molar-refractivity contribution in [3.05, 3.63) is 24.0 Å². The minimum Gasteiger partial charge on any atom is -0.478 e. The summed E-state index contributed by atoms with van der Waals surface area (Å²) < 4.78 is 5.81. The average molecular weight is 246 g/mol. The van der Waals surface area contributed by atoms with Gasteiger partial charge in [0.25, 0.3) is 0 Å². The van der Waals surface area contributed by atoms with Crippen LogP contribution >= 0.6 is 0 Å². The van der Waals surface area contributed by atoms with Crippen LogP contribution in [0.5, 0.6) is 5.75 Å². The molecular weight excluding hydrogens is 228 g/mol. The lowest BCUT2D eigenvalue weighted by molar-refractivity contribution is 0.113. The van der Waals surface area contributed by atoms with Crippen molar-refractivity contribution >= 4 is 11.0 Å². The predicted molar refractivity (Wildman–Crippen MR) is 70.8 cm³/mol. The quantitative estimate of drug-likeness (QED) is 0.852. The van der Waals surface area contributed by atoms with Crippen molar-refractivity contribution in [1.82, 2.24) is 20.2 Å². The number of nitrogens with zero attached hydrogens (tertiary/aromatic N) is 2. The number of fused-ring (bicyclic) bond motifs is 1. The first kappa shape index (κ1) is 11.5. The predicted octanol–water partition coefficient (Wildman–Crippen LogP) is 1.11. The Bertz CT molecular complexity index is 531. The zero-order chi connectivity index (χ0) is 12.4. The fraction of sp³-hybridized carbons (Fsp3) is 0.462. The molecule has 96 valence electrons. The molecule has 2 heterocycles. The second-order valence-corrected chi connectivity index (χ2v) is 4.64. The first-order valence-corrected chi connectivity index (χ1v) is 6.33. The van der Waals surface area contributed by atoms with Crippen molar-refractivity contribution in [2.24, 2.45) is 0 Å². The summed E-state index contributed by atoms with van der Waals surface area (Å²) in [7, 11) is 0. The Morgan fingerprint density at radius 1 is 1.33 bits per heavy atom. The maximum Gasteiger partial charge on any atom is 0.142 e. The molecule has 0 bridgehead atoms. The zero-order valence-electron chi connectivity index (χ0n) is 10.6. The van der Waals surface area contributed by atoms with E-state index in [0.29, 0.717) is 6.73 Å². The van der Waals surface area contributed by atoms with Crippen LogP contribution in [0.15, 0.2) is 18.2 Å². The monoisotopic (exact) mass is 246 g/mol. The highest BCUT2D eigenvalue weighted by atomic mass is 16.5. The molecule has 0 saturated carbocycles. The van der Waals surface area contributed by atoms with Crippen LogP contribution in [-0.2, 0) is 0 Å². The van der Waals surface area contributed by atoms with Gasteiger partial charge >= 0.3 is 0 Å². The third kappa shape index (κ3) is 2.47. The molecule has 1 saturated heterocycles. The molecule has 1 aromatic heterocycles. The van der Waals surface area contributed by atoms with Crippen LogP contribution in [0.1, 0.15) is 5.82 Å². The molecule has 0 spiro atoms. The van der Waals surface area contributed by atoms with Crippen molar-refractivity contribution in [2.75, 3.05) is 32.9 Å². The van der Waals surface area contributed by atoms with Gasteiger partial charge in [0.2, 0.25) is 0 Å². The number of imidazole rings is 1. The number of aryl methyl sites for hydroxylation is 1. The first-order valence-electron chi connectivity index (χ1n) is 6.33. The normalized spacial score (nSPS) is 17.2. The third-order valence-corrected chi connectivity index (χ3v) is 3.20. The van der Waals surface area contributed by atoms with Crippen LogP contribution in [0.3, 0.4) is 0 Å². The first-order chi connectivity index (χ1) is 8.81. The molecule has 18 heavy (non-hydrogen) atoms. The lowest BCUT2D eigenvalue weighted by Crippen LogP contribution is -2.44. The van der Waals surface area contributed by atoms with Crippen LogP contribution in [-0.4, -0.2) is 47.8 Å². The average Bonchev–Trinajstić information content (AvgIpc) is 2.77. The van der Waals surface area contributed by atoms with E-state index in [0.717, 1.165) is 48.8 Å². The maximum absolute atomic E-state index is 5.81. The Labute approximate surface area is 106 Å². The number of aromatic nitrogens is 2. The number of hydrogen-bond acceptors (Lipinski definition) is 4. The van der Waals surface area contributed by atoms with Gasteiger partial charge in [0.05, 0.1) is 11.0 Å². The lowest BCUT2D eigenvalue weighted by Gasteiger charge is -2.26. The Balaban J connectivity index is 1.66. The van der Waals surface area contributed by atoms with E-state index in [-0.39, 0.29) is 0 Å². The molecule has 1 aliphatic rings. The Morgan fingerprint density at radius 3 is 3.00 bits per heavy atom. The summed E-state index contributed by atoms with van der Waals surface area (Å²) >= 11 is 0. The highest BCUT2D eigenvalue weighted by molar-refractivity contribution is 5.76. The number of piperazine rings is 1. The van der Waals surface area contributed by atoms with Gasteiger partial charge in [-0.2, -0.15) is 0 Å². The molecule has 0 aliphatic carbocycles. The SMILES string of the molecule is Cc1nc2ccc(OCN3CCNCC3)cc2[nH]1. The Kier molecular flexibility index (Phi) is 3.17. The number of nitrogens with one attached hydrogen (secondary N) is 2. The molecule has 3 rings (SSSR count). The minimum absolute atomic E-state index is 0.653. The second kappa shape index (κ2) is 4.96. The van der Waals surface area contributed by atoms with Gasteiger partial charge in [0.1, 0.15) is 18.3 Å². The fourth-order valence-corrected chi connectivity index (χ4v) is 2.21. The van der Waals surface area contributed by atoms with Gasteiger partial charge in [-0.1, -0.05) is 0 Å². The largest absolute Gasteiger partial charge is 0.478 e. The van der Waals surface area contributed by atoms with Crippen LogP contribution in [0.25, 0.3) is 11.0 Å². The summed E-state index contributed by atoms with van der Waals surface area (Å²) in [5.74, 6) is 1.83. The van der Waals surface area contributed by atoms with Crippen molar-refractivity contribution in [1.29, 1.82) is 0 Å². The zero-order valence-corrected chi connectivity index (χ0v) is 10.6. The van der Waals surface area contributed by atoms with E-state index in [4.69, 9.17) is 4.74 Å². The van der Waals surface area contributed by atoms with Crippen molar-refractivity contribution in [3.8, 4) is 5.75 Å². The van der Waals surface area contributed by atoms with Gasteiger partial charge in [0, 0.05) is 32.2 Å². The molecule has 5 nitrogen and oxygen atoms in total. The topological polar surface area (TPSA) is 53.2 Å². The van der Waals surface area contributed by atoms with E-state index in [1.54, 1.807) is 0 Å². The van der Waals surface area contributed by atoms with Gasteiger partial charge in [-0.3, -0.25) is 4.90 Å². The molecule has 2 aromatic rings. The molecular formula is C13H18N4O. The van der Waals surface area contributed by atoms with Crippen LogP contribution in [0.2, 0.25) is 0 Å². The Hall–Kier alpha value is -1.59. The summed E-state index contributed by atoms with van der Waals surface area (Å²) in [4.78, 5) is 9.90. The molecule has 1 fully saturated rings. The minimum atomic E-state index is 0.653. The summed E-state index contributed by atoms with van der Waals surface area (Å²) in [6.07, 6.45) is 0. The number of benzene rings is 1. The number of ether oxygens (including phenoxy) is 1. The van der Waals surface area contributed by atoms with E-state index in [1.165, 1.54) is 0 Å². The Morgan fingerprint density at radius 2 is 2.17 bits per heavy atom. The molecule has 2 N–H and O–H groups in total. The van der Waals surface area contributed by atoms with E-state index >= 15 is 0 Å². The van der Waals surface area contributed by atoms with Crippen LogP contribution < -0.4 is 10.1 Å². The number of rotatable bonds is 3. The molecule has 0 unspecified atom stereocenters. The molecule has 0 amide bonds. The van der Waals surface area contributed by atoms with Crippen molar-refractivity contribution in [2.45, 2.75) is 6.92 Å². The van der Waals surface area contributed by atoms with Crippen LogP contribution in [0, 0.1) is 6.92 Å².